The number of halogens is 1. The van der Waals surface area contributed by atoms with Crippen LogP contribution in [0.1, 0.15) is 21.7 Å². The summed E-state index contributed by atoms with van der Waals surface area (Å²) in [6.45, 7) is 3.74. The molecule has 0 atom stereocenters. The Bertz CT molecular complexity index is 1050. The van der Waals surface area contributed by atoms with Gasteiger partial charge in [0.15, 0.2) is 0 Å². The van der Waals surface area contributed by atoms with Crippen LogP contribution >= 0.6 is 11.6 Å². The number of nitro benzene ring substituents is 1. The molecule has 9 heteroatoms. The number of nitrogens with zero attached hydrogens (tertiary/aromatic N) is 3. The maximum absolute atomic E-state index is 12.5. The number of hydrogen-bond donors (Lipinski definition) is 2. The van der Waals surface area contributed by atoms with Gasteiger partial charge in [0.25, 0.3) is 11.6 Å². The first-order valence-corrected chi connectivity index (χ1v) is 8.64. The average Bonchev–Trinajstić information content (AvgIpc) is 2.62. The molecule has 3 aromatic rings. The summed E-state index contributed by atoms with van der Waals surface area (Å²) >= 11 is 5.79. The van der Waals surface area contributed by atoms with Gasteiger partial charge in [-0.3, -0.25) is 14.9 Å². The Hall–Kier alpha value is -3.52. The highest BCUT2D eigenvalue weighted by Crippen LogP contribution is 2.27. The van der Waals surface area contributed by atoms with E-state index >= 15 is 0 Å². The predicted octanol–water partition coefficient (Wildman–Crippen LogP) is 4.65. The Morgan fingerprint density at radius 1 is 1.04 bits per heavy atom. The van der Waals surface area contributed by atoms with Gasteiger partial charge in [-0.05, 0) is 50.2 Å². The van der Waals surface area contributed by atoms with Crippen molar-refractivity contribution in [3.8, 4) is 0 Å². The van der Waals surface area contributed by atoms with Gasteiger partial charge in [0, 0.05) is 34.4 Å². The van der Waals surface area contributed by atoms with Crippen LogP contribution in [0.4, 0.5) is 23.0 Å². The Morgan fingerprint density at radius 3 is 2.43 bits per heavy atom. The minimum atomic E-state index is -0.605. The van der Waals surface area contributed by atoms with Crippen LogP contribution in [-0.4, -0.2) is 20.8 Å². The fraction of sp³-hybridized carbons (Fsp3) is 0.105. The highest BCUT2D eigenvalue weighted by Gasteiger charge is 2.15. The van der Waals surface area contributed by atoms with Gasteiger partial charge < -0.3 is 10.6 Å². The maximum atomic E-state index is 12.5. The number of carbonyl (C=O) groups excluding carboxylic acids is 1. The van der Waals surface area contributed by atoms with Gasteiger partial charge in [0.05, 0.1) is 4.92 Å². The molecule has 1 heterocycles. The molecule has 1 aromatic heterocycles. The van der Waals surface area contributed by atoms with E-state index in [-0.39, 0.29) is 16.4 Å². The van der Waals surface area contributed by atoms with Crippen LogP contribution < -0.4 is 10.6 Å². The molecular weight excluding hydrogens is 382 g/mol. The van der Waals surface area contributed by atoms with E-state index in [1.54, 1.807) is 24.3 Å². The van der Waals surface area contributed by atoms with Crippen LogP contribution in [0, 0.1) is 24.0 Å². The van der Waals surface area contributed by atoms with Crippen molar-refractivity contribution in [2.75, 3.05) is 10.6 Å². The zero-order valence-corrected chi connectivity index (χ0v) is 15.8. The van der Waals surface area contributed by atoms with Crippen molar-refractivity contribution < 1.29 is 9.72 Å². The third-order valence-electron chi connectivity index (χ3n) is 3.76. The Labute approximate surface area is 165 Å². The molecule has 1 amide bonds. The summed E-state index contributed by atoms with van der Waals surface area (Å²) in [5, 5.41) is 16.7. The van der Waals surface area contributed by atoms with Crippen molar-refractivity contribution in [1.82, 2.24) is 9.97 Å². The molecule has 0 bridgehead atoms. The molecule has 0 fully saturated rings. The van der Waals surface area contributed by atoms with Gasteiger partial charge in [-0.15, -0.1) is 0 Å². The molecule has 0 aliphatic rings. The van der Waals surface area contributed by atoms with E-state index in [1.807, 2.05) is 19.9 Å². The molecule has 0 saturated carbocycles. The van der Waals surface area contributed by atoms with E-state index in [9.17, 15) is 14.9 Å². The van der Waals surface area contributed by atoms with Crippen LogP contribution in [0.15, 0.2) is 48.5 Å². The van der Waals surface area contributed by atoms with Crippen molar-refractivity contribution in [3.63, 3.8) is 0 Å². The highest BCUT2D eigenvalue weighted by atomic mass is 35.5. The van der Waals surface area contributed by atoms with Gasteiger partial charge in [-0.2, -0.15) is 0 Å². The summed E-state index contributed by atoms with van der Waals surface area (Å²) in [4.78, 5) is 31.5. The maximum Gasteiger partial charge on any atom is 0.289 e. The molecule has 0 aliphatic heterocycles. The van der Waals surface area contributed by atoms with Gasteiger partial charge in [0.1, 0.15) is 5.02 Å². The minimum Gasteiger partial charge on any atom is -0.324 e. The zero-order chi connectivity index (χ0) is 20.3. The van der Waals surface area contributed by atoms with Crippen LogP contribution in [0.3, 0.4) is 0 Å². The molecule has 2 aromatic carbocycles. The van der Waals surface area contributed by atoms with Crippen LogP contribution in [0.25, 0.3) is 0 Å². The topological polar surface area (TPSA) is 110 Å². The van der Waals surface area contributed by atoms with Crippen LogP contribution in [-0.2, 0) is 0 Å². The molecule has 142 valence electrons. The standard InChI is InChI=1S/C19H16ClN5O3/c1-11-8-12(2)22-19(21-11)24-14-5-3-4-13(9-14)18(26)23-15-6-7-16(20)17(10-15)25(27)28/h3-10H,1-2H3,(H,23,26)(H,21,22,24). The lowest BCUT2D eigenvalue weighted by Gasteiger charge is -2.09. The van der Waals surface area contributed by atoms with Gasteiger partial charge in [0.2, 0.25) is 5.95 Å². The number of rotatable bonds is 5. The van der Waals surface area contributed by atoms with E-state index < -0.39 is 10.8 Å². The van der Waals surface area contributed by atoms with Crippen molar-refractivity contribution in [1.29, 1.82) is 0 Å². The Kier molecular flexibility index (Phi) is 5.51. The molecular formula is C19H16ClN5O3. The van der Waals surface area contributed by atoms with Gasteiger partial charge >= 0.3 is 0 Å². The van der Waals surface area contributed by atoms with Crippen LogP contribution in [0.2, 0.25) is 5.02 Å². The van der Waals surface area contributed by atoms with Crippen LogP contribution in [0.5, 0.6) is 0 Å². The number of anilines is 3. The number of benzene rings is 2. The van der Waals surface area contributed by atoms with Crippen molar-refractivity contribution in [3.05, 3.63) is 80.6 Å². The number of amides is 1. The fourth-order valence-electron chi connectivity index (χ4n) is 2.58. The van der Waals surface area contributed by atoms with E-state index in [2.05, 4.69) is 20.6 Å². The second kappa shape index (κ2) is 8.01. The first-order chi connectivity index (χ1) is 13.3. The number of nitrogens with one attached hydrogen (secondary N) is 2. The van der Waals surface area contributed by atoms with E-state index in [4.69, 9.17) is 11.6 Å². The average molecular weight is 398 g/mol. The highest BCUT2D eigenvalue weighted by molar-refractivity contribution is 6.32. The predicted molar refractivity (Wildman–Crippen MR) is 107 cm³/mol. The molecule has 2 N–H and O–H groups in total. The molecule has 0 spiro atoms. The molecule has 28 heavy (non-hydrogen) atoms. The quantitative estimate of drug-likeness (QED) is 0.479. The molecule has 0 unspecified atom stereocenters. The molecule has 8 nitrogen and oxygen atoms in total. The lowest BCUT2D eigenvalue weighted by molar-refractivity contribution is -0.384. The van der Waals surface area contributed by atoms with E-state index in [0.717, 1.165) is 11.4 Å². The van der Waals surface area contributed by atoms with Crippen molar-refractivity contribution in [2.24, 2.45) is 0 Å². The number of carbonyl (C=O) groups is 1. The second-order valence-corrected chi connectivity index (χ2v) is 6.46. The molecule has 0 aliphatic carbocycles. The normalized spacial score (nSPS) is 10.4. The molecule has 3 rings (SSSR count). The molecule has 0 radical (unpaired) electrons. The number of aryl methyl sites for hydroxylation is 2. The van der Waals surface area contributed by atoms with E-state index in [0.29, 0.717) is 17.2 Å². The summed E-state index contributed by atoms with van der Waals surface area (Å²) in [5.74, 6) is 0.0185. The lowest BCUT2D eigenvalue weighted by atomic mass is 10.1. The zero-order valence-electron chi connectivity index (χ0n) is 15.1. The first kappa shape index (κ1) is 19.2. The smallest absolute Gasteiger partial charge is 0.289 e. The second-order valence-electron chi connectivity index (χ2n) is 6.06. The van der Waals surface area contributed by atoms with Crippen molar-refractivity contribution in [2.45, 2.75) is 13.8 Å². The number of aromatic nitrogens is 2. The molecule has 0 saturated heterocycles. The Morgan fingerprint density at radius 2 is 1.75 bits per heavy atom. The summed E-state index contributed by atoms with van der Waals surface area (Å²) in [6, 6.07) is 12.7. The summed E-state index contributed by atoms with van der Waals surface area (Å²) in [7, 11) is 0. The third kappa shape index (κ3) is 4.60. The number of nitro groups is 1. The van der Waals surface area contributed by atoms with E-state index in [1.165, 1.54) is 18.2 Å². The minimum absolute atomic E-state index is 0.00245. The third-order valence-corrected chi connectivity index (χ3v) is 4.08. The fourth-order valence-corrected chi connectivity index (χ4v) is 2.77. The van der Waals surface area contributed by atoms with Gasteiger partial charge in [-0.1, -0.05) is 17.7 Å². The first-order valence-electron chi connectivity index (χ1n) is 8.26. The largest absolute Gasteiger partial charge is 0.324 e. The number of hydrogen-bond acceptors (Lipinski definition) is 6. The summed E-state index contributed by atoms with van der Waals surface area (Å²) in [6.07, 6.45) is 0. The SMILES string of the molecule is Cc1cc(C)nc(Nc2cccc(C(=O)Nc3ccc(Cl)c([N+](=O)[O-])c3)c2)n1. The Balaban J connectivity index is 1.79. The monoisotopic (exact) mass is 397 g/mol. The summed E-state index contributed by atoms with van der Waals surface area (Å²) < 4.78 is 0. The van der Waals surface area contributed by atoms with Crippen molar-refractivity contribution >= 4 is 40.5 Å². The van der Waals surface area contributed by atoms with Gasteiger partial charge in [-0.25, -0.2) is 9.97 Å². The summed E-state index contributed by atoms with van der Waals surface area (Å²) in [5.41, 5.74) is 2.66. The lowest BCUT2D eigenvalue weighted by Crippen LogP contribution is -2.12.